The Kier molecular flexibility index (Phi) is 9.23. The molecule has 0 radical (unpaired) electrons. The summed E-state index contributed by atoms with van der Waals surface area (Å²) in [5.41, 5.74) is -0.486. The number of piperidine rings is 1. The Bertz CT molecular complexity index is 642. The van der Waals surface area contributed by atoms with Gasteiger partial charge in [0.1, 0.15) is 5.60 Å². The van der Waals surface area contributed by atoms with Gasteiger partial charge < -0.3 is 20.7 Å². The Morgan fingerprint density at radius 3 is 2.72 bits per heavy atom. The maximum Gasteiger partial charge on any atom is 0.407 e. The standard InChI is InChI=1S/C21H37N5O2S/c1-6-22-19(23-11-12-24-20(27)28-21(2,3)4)25-15-16-9-7-13-26(5)18(16)17-10-8-14-29-17/h8,10,14,16,18H,6-7,9,11-13,15H2,1-5H3,(H,24,27)(H2,22,23,25). The van der Waals surface area contributed by atoms with Crippen molar-refractivity contribution in [3.63, 3.8) is 0 Å². The molecule has 3 N–H and O–H groups in total. The first-order valence-corrected chi connectivity index (χ1v) is 11.4. The number of hydrogen-bond donors (Lipinski definition) is 3. The van der Waals surface area contributed by atoms with Gasteiger partial charge in [-0.05, 0) is 71.5 Å². The molecule has 1 aromatic heterocycles. The van der Waals surface area contributed by atoms with Crippen LogP contribution in [0.3, 0.4) is 0 Å². The minimum Gasteiger partial charge on any atom is -0.444 e. The summed E-state index contributed by atoms with van der Waals surface area (Å²) in [4.78, 5) is 20.4. The van der Waals surface area contributed by atoms with Gasteiger partial charge in [0.15, 0.2) is 5.96 Å². The van der Waals surface area contributed by atoms with E-state index < -0.39 is 11.7 Å². The normalized spacial score (nSPS) is 20.9. The molecule has 0 spiro atoms. The second kappa shape index (κ2) is 11.4. The third kappa shape index (κ3) is 8.22. The van der Waals surface area contributed by atoms with Crippen molar-refractivity contribution in [3.05, 3.63) is 22.4 Å². The molecule has 1 aliphatic heterocycles. The van der Waals surface area contributed by atoms with E-state index in [1.165, 1.54) is 17.7 Å². The lowest BCUT2D eigenvalue weighted by molar-refractivity contribution is 0.0529. The summed E-state index contributed by atoms with van der Waals surface area (Å²) in [6.07, 6.45) is 2.00. The van der Waals surface area contributed by atoms with E-state index in [0.29, 0.717) is 25.0 Å². The number of thiophene rings is 1. The molecule has 29 heavy (non-hydrogen) atoms. The van der Waals surface area contributed by atoms with E-state index in [1.807, 2.05) is 32.1 Å². The molecule has 0 bridgehead atoms. The summed E-state index contributed by atoms with van der Waals surface area (Å²) in [6.45, 7) is 11.4. The first kappa shape index (κ1) is 23.5. The molecule has 1 saturated heterocycles. The fraction of sp³-hybridized carbons (Fsp3) is 0.714. The van der Waals surface area contributed by atoms with Gasteiger partial charge in [0.05, 0.1) is 0 Å². The number of guanidine groups is 1. The van der Waals surface area contributed by atoms with Gasteiger partial charge in [-0.2, -0.15) is 0 Å². The zero-order valence-corrected chi connectivity index (χ0v) is 19.3. The third-order valence-corrected chi connectivity index (χ3v) is 5.70. The van der Waals surface area contributed by atoms with E-state index in [0.717, 1.165) is 25.6 Å². The third-order valence-electron chi connectivity index (χ3n) is 4.76. The SMILES string of the molecule is CCNC(=NCC1CCCN(C)C1c1cccs1)NCCNC(=O)OC(C)(C)C. The first-order chi connectivity index (χ1) is 13.8. The average molecular weight is 424 g/mol. The Hall–Kier alpha value is -1.80. The Morgan fingerprint density at radius 2 is 2.07 bits per heavy atom. The lowest BCUT2D eigenvalue weighted by atomic mass is 9.88. The molecule has 7 nitrogen and oxygen atoms in total. The average Bonchev–Trinajstić information content (AvgIpc) is 3.15. The molecular weight excluding hydrogens is 386 g/mol. The molecule has 2 atom stereocenters. The summed E-state index contributed by atoms with van der Waals surface area (Å²) in [5.74, 6) is 1.29. The second-order valence-electron chi connectivity index (χ2n) is 8.42. The number of aliphatic imine (C=N–C) groups is 1. The van der Waals surface area contributed by atoms with Crippen molar-refractivity contribution in [1.82, 2.24) is 20.9 Å². The number of carbonyl (C=O) groups excluding carboxylic acids is 1. The molecule has 2 heterocycles. The van der Waals surface area contributed by atoms with Crippen LogP contribution in [0.2, 0.25) is 0 Å². The summed E-state index contributed by atoms with van der Waals surface area (Å²) in [5, 5.41) is 11.5. The number of likely N-dealkylation sites (tertiary alicyclic amines) is 1. The van der Waals surface area contributed by atoms with E-state index in [2.05, 4.69) is 52.3 Å². The number of alkyl carbamates (subject to hydrolysis) is 1. The largest absolute Gasteiger partial charge is 0.444 e. The number of ether oxygens (including phenoxy) is 1. The summed E-state index contributed by atoms with van der Waals surface area (Å²) in [7, 11) is 2.21. The lowest BCUT2D eigenvalue weighted by Gasteiger charge is -2.38. The summed E-state index contributed by atoms with van der Waals surface area (Å²) >= 11 is 1.83. The van der Waals surface area contributed by atoms with E-state index >= 15 is 0 Å². The van der Waals surface area contributed by atoms with Gasteiger partial charge in [0.2, 0.25) is 0 Å². The molecule has 8 heteroatoms. The van der Waals surface area contributed by atoms with E-state index in [1.54, 1.807) is 0 Å². The van der Waals surface area contributed by atoms with E-state index in [4.69, 9.17) is 9.73 Å². The van der Waals surface area contributed by atoms with Gasteiger partial charge in [-0.1, -0.05) is 6.07 Å². The topological polar surface area (TPSA) is 78.0 Å². The van der Waals surface area contributed by atoms with Gasteiger partial charge in [0, 0.05) is 37.1 Å². The number of amides is 1. The van der Waals surface area contributed by atoms with Crippen molar-refractivity contribution in [1.29, 1.82) is 0 Å². The number of rotatable bonds is 7. The zero-order valence-electron chi connectivity index (χ0n) is 18.5. The van der Waals surface area contributed by atoms with Gasteiger partial charge in [-0.3, -0.25) is 9.89 Å². The van der Waals surface area contributed by atoms with Crippen LogP contribution in [0.15, 0.2) is 22.5 Å². The molecule has 1 amide bonds. The predicted molar refractivity (Wildman–Crippen MR) is 121 cm³/mol. The van der Waals surface area contributed by atoms with Crippen molar-refractivity contribution in [2.45, 2.75) is 52.2 Å². The summed E-state index contributed by atoms with van der Waals surface area (Å²) in [6, 6.07) is 4.80. The van der Waals surface area contributed by atoms with E-state index in [-0.39, 0.29) is 0 Å². The molecule has 0 aromatic carbocycles. The fourth-order valence-electron chi connectivity index (χ4n) is 3.57. The zero-order chi connectivity index (χ0) is 21.3. The van der Waals surface area contributed by atoms with Crippen molar-refractivity contribution >= 4 is 23.4 Å². The smallest absolute Gasteiger partial charge is 0.407 e. The number of hydrogen-bond acceptors (Lipinski definition) is 5. The van der Waals surface area contributed by atoms with Crippen LogP contribution in [0.1, 0.15) is 51.5 Å². The Labute approximate surface area is 179 Å². The minimum absolute atomic E-state index is 0.398. The lowest BCUT2D eigenvalue weighted by Crippen LogP contribution is -2.43. The molecule has 2 unspecified atom stereocenters. The molecule has 0 aliphatic carbocycles. The molecule has 2 rings (SSSR count). The highest BCUT2D eigenvalue weighted by Crippen LogP contribution is 2.37. The monoisotopic (exact) mass is 423 g/mol. The minimum atomic E-state index is -0.486. The fourth-order valence-corrected chi connectivity index (χ4v) is 4.55. The highest BCUT2D eigenvalue weighted by atomic mass is 32.1. The molecule has 1 aliphatic rings. The first-order valence-electron chi connectivity index (χ1n) is 10.5. The van der Waals surface area contributed by atoms with Crippen LogP contribution >= 0.6 is 11.3 Å². The molecule has 0 saturated carbocycles. The van der Waals surface area contributed by atoms with Crippen LogP contribution in [0.25, 0.3) is 0 Å². The van der Waals surface area contributed by atoms with Gasteiger partial charge in [-0.15, -0.1) is 11.3 Å². The quantitative estimate of drug-likeness (QED) is 0.357. The van der Waals surface area contributed by atoms with Crippen LogP contribution in [0.4, 0.5) is 4.79 Å². The highest BCUT2D eigenvalue weighted by Gasteiger charge is 2.31. The van der Waals surface area contributed by atoms with Crippen LogP contribution < -0.4 is 16.0 Å². The van der Waals surface area contributed by atoms with Crippen LogP contribution in [0.5, 0.6) is 0 Å². The van der Waals surface area contributed by atoms with Crippen molar-refractivity contribution in [2.24, 2.45) is 10.9 Å². The number of nitrogens with zero attached hydrogens (tertiary/aromatic N) is 2. The second-order valence-corrected chi connectivity index (χ2v) is 9.40. The number of nitrogens with one attached hydrogen (secondary N) is 3. The molecular formula is C21H37N5O2S. The maximum absolute atomic E-state index is 11.7. The predicted octanol–water partition coefficient (Wildman–Crippen LogP) is 3.21. The Morgan fingerprint density at radius 1 is 1.31 bits per heavy atom. The van der Waals surface area contributed by atoms with Crippen molar-refractivity contribution in [3.8, 4) is 0 Å². The van der Waals surface area contributed by atoms with Gasteiger partial charge in [-0.25, -0.2) is 4.79 Å². The van der Waals surface area contributed by atoms with Gasteiger partial charge >= 0.3 is 6.09 Å². The van der Waals surface area contributed by atoms with Crippen molar-refractivity contribution in [2.75, 3.05) is 39.8 Å². The number of carbonyl (C=O) groups is 1. The van der Waals surface area contributed by atoms with Crippen LogP contribution in [-0.4, -0.2) is 62.3 Å². The van der Waals surface area contributed by atoms with E-state index in [9.17, 15) is 4.79 Å². The van der Waals surface area contributed by atoms with Crippen molar-refractivity contribution < 1.29 is 9.53 Å². The highest BCUT2D eigenvalue weighted by molar-refractivity contribution is 7.10. The van der Waals surface area contributed by atoms with Crippen LogP contribution in [0, 0.1) is 5.92 Å². The van der Waals surface area contributed by atoms with Gasteiger partial charge in [0.25, 0.3) is 0 Å². The van der Waals surface area contributed by atoms with Crippen LogP contribution in [-0.2, 0) is 4.74 Å². The maximum atomic E-state index is 11.7. The molecule has 1 fully saturated rings. The molecule has 164 valence electrons. The summed E-state index contributed by atoms with van der Waals surface area (Å²) < 4.78 is 5.25. The Balaban J connectivity index is 1.86. The molecule has 1 aromatic rings.